The molecule has 3 N–H and O–H groups in total. The maximum atomic E-state index is 12.5. The number of aromatic nitrogens is 1. The summed E-state index contributed by atoms with van der Waals surface area (Å²) in [6.07, 6.45) is 3.41. The largest absolute Gasteiger partial charge is 0.399 e. The van der Waals surface area contributed by atoms with Gasteiger partial charge in [-0.15, -0.1) is 0 Å². The lowest BCUT2D eigenvalue weighted by Crippen LogP contribution is -2.42. The van der Waals surface area contributed by atoms with Gasteiger partial charge in [0, 0.05) is 29.2 Å². The van der Waals surface area contributed by atoms with E-state index in [2.05, 4.69) is 11.9 Å². The highest BCUT2D eigenvalue weighted by molar-refractivity contribution is 5.98. The summed E-state index contributed by atoms with van der Waals surface area (Å²) in [6, 6.07) is 7.88. The average Bonchev–Trinajstić information content (AvgIpc) is 2.81. The van der Waals surface area contributed by atoms with Crippen LogP contribution in [-0.2, 0) is 0 Å². The zero-order valence-corrected chi connectivity index (χ0v) is 11.1. The monoisotopic (exact) mass is 257 g/mol. The molecule has 1 amide bonds. The van der Waals surface area contributed by atoms with Crippen molar-refractivity contribution in [2.45, 2.75) is 32.2 Å². The summed E-state index contributed by atoms with van der Waals surface area (Å²) in [4.78, 5) is 17.7. The summed E-state index contributed by atoms with van der Waals surface area (Å²) < 4.78 is 0. The zero-order chi connectivity index (χ0) is 13.4. The molecule has 1 aromatic carbocycles. The lowest BCUT2D eigenvalue weighted by Gasteiger charge is -2.33. The van der Waals surface area contributed by atoms with Gasteiger partial charge in [-0.3, -0.25) is 4.79 Å². The molecule has 1 aromatic heterocycles. The van der Waals surface area contributed by atoms with Crippen molar-refractivity contribution in [1.29, 1.82) is 0 Å². The van der Waals surface area contributed by atoms with Crippen molar-refractivity contribution in [2.75, 3.05) is 12.3 Å². The molecule has 0 bridgehead atoms. The summed E-state index contributed by atoms with van der Waals surface area (Å²) in [6.45, 7) is 2.98. The zero-order valence-electron chi connectivity index (χ0n) is 11.1. The van der Waals surface area contributed by atoms with E-state index in [1.807, 2.05) is 29.2 Å². The average molecular weight is 257 g/mol. The molecule has 1 fully saturated rings. The van der Waals surface area contributed by atoms with Gasteiger partial charge in [0.1, 0.15) is 5.69 Å². The summed E-state index contributed by atoms with van der Waals surface area (Å²) in [5, 5.41) is 0.994. The molecule has 1 aliphatic heterocycles. The Kier molecular flexibility index (Phi) is 2.93. The van der Waals surface area contributed by atoms with E-state index in [-0.39, 0.29) is 5.91 Å². The third-order valence-electron chi connectivity index (χ3n) is 3.94. The van der Waals surface area contributed by atoms with Crippen LogP contribution in [0.15, 0.2) is 24.3 Å². The van der Waals surface area contributed by atoms with Crippen molar-refractivity contribution in [1.82, 2.24) is 9.88 Å². The Bertz CT molecular complexity index is 617. The van der Waals surface area contributed by atoms with Crippen molar-refractivity contribution in [3.05, 3.63) is 30.0 Å². The molecular formula is C15H19N3O. The standard InChI is InChI=1S/C15H19N3O/c1-10-4-2-3-7-18(10)15(19)14-9-11-8-12(16)5-6-13(11)17-14/h5-6,8-10,17H,2-4,7,16H2,1H3. The Morgan fingerprint density at radius 2 is 2.21 bits per heavy atom. The van der Waals surface area contributed by atoms with Crippen LogP contribution in [-0.4, -0.2) is 28.4 Å². The number of aromatic amines is 1. The molecule has 2 aromatic rings. The number of piperidine rings is 1. The van der Waals surface area contributed by atoms with Crippen molar-refractivity contribution in [3.8, 4) is 0 Å². The van der Waals surface area contributed by atoms with Gasteiger partial charge in [-0.25, -0.2) is 0 Å². The lowest BCUT2D eigenvalue weighted by molar-refractivity contribution is 0.0630. The van der Waals surface area contributed by atoms with Crippen molar-refractivity contribution in [2.24, 2.45) is 0 Å². The molecule has 2 heterocycles. The number of hydrogen-bond acceptors (Lipinski definition) is 2. The summed E-state index contributed by atoms with van der Waals surface area (Å²) in [7, 11) is 0. The van der Waals surface area contributed by atoms with Crippen LogP contribution in [0.2, 0.25) is 0 Å². The van der Waals surface area contributed by atoms with Gasteiger partial charge in [-0.2, -0.15) is 0 Å². The van der Waals surface area contributed by atoms with Crippen LogP contribution >= 0.6 is 0 Å². The molecule has 3 rings (SSSR count). The summed E-state index contributed by atoms with van der Waals surface area (Å²) in [5.41, 5.74) is 8.11. The number of anilines is 1. The van der Waals surface area contributed by atoms with Crippen LogP contribution in [0.5, 0.6) is 0 Å². The minimum atomic E-state index is 0.0990. The number of benzene rings is 1. The van der Waals surface area contributed by atoms with Crippen LogP contribution in [0.1, 0.15) is 36.7 Å². The number of carbonyl (C=O) groups excluding carboxylic acids is 1. The molecule has 0 saturated carbocycles. The summed E-state index contributed by atoms with van der Waals surface area (Å²) in [5.74, 6) is 0.0990. The molecule has 1 aliphatic rings. The van der Waals surface area contributed by atoms with Crippen molar-refractivity contribution in [3.63, 3.8) is 0 Å². The van der Waals surface area contributed by atoms with Gasteiger partial charge in [0.2, 0.25) is 0 Å². The smallest absolute Gasteiger partial charge is 0.270 e. The molecular weight excluding hydrogens is 238 g/mol. The van der Waals surface area contributed by atoms with Gasteiger partial charge < -0.3 is 15.6 Å². The SMILES string of the molecule is CC1CCCCN1C(=O)c1cc2cc(N)ccc2[nH]1. The fourth-order valence-electron chi connectivity index (χ4n) is 2.82. The predicted octanol–water partition coefficient (Wildman–Crippen LogP) is 2.76. The first-order chi connectivity index (χ1) is 9.15. The Morgan fingerprint density at radius 1 is 1.37 bits per heavy atom. The van der Waals surface area contributed by atoms with Gasteiger partial charge >= 0.3 is 0 Å². The highest BCUT2D eigenvalue weighted by atomic mass is 16.2. The molecule has 4 nitrogen and oxygen atoms in total. The first-order valence-corrected chi connectivity index (χ1v) is 6.84. The third-order valence-corrected chi connectivity index (χ3v) is 3.94. The first-order valence-electron chi connectivity index (χ1n) is 6.84. The van der Waals surface area contributed by atoms with E-state index in [1.165, 1.54) is 6.42 Å². The van der Waals surface area contributed by atoms with Crippen LogP contribution < -0.4 is 5.73 Å². The topological polar surface area (TPSA) is 62.1 Å². The number of hydrogen-bond donors (Lipinski definition) is 2. The number of likely N-dealkylation sites (tertiary alicyclic amines) is 1. The maximum Gasteiger partial charge on any atom is 0.270 e. The number of H-pyrrole nitrogens is 1. The Balaban J connectivity index is 1.92. The number of nitrogen functional groups attached to an aromatic ring is 1. The molecule has 1 unspecified atom stereocenters. The van der Waals surface area contributed by atoms with E-state index >= 15 is 0 Å². The first kappa shape index (κ1) is 12.1. The van der Waals surface area contributed by atoms with Crippen molar-refractivity contribution < 1.29 is 4.79 Å². The predicted molar refractivity (Wildman–Crippen MR) is 77.1 cm³/mol. The van der Waals surface area contributed by atoms with Crippen molar-refractivity contribution >= 4 is 22.5 Å². The normalized spacial score (nSPS) is 19.8. The van der Waals surface area contributed by atoms with Gasteiger partial charge in [-0.05, 0) is 50.5 Å². The van der Waals surface area contributed by atoms with E-state index in [0.29, 0.717) is 11.7 Å². The second-order valence-corrected chi connectivity index (χ2v) is 5.37. The molecule has 1 atom stereocenters. The number of nitrogens with two attached hydrogens (primary N) is 1. The van der Waals surface area contributed by atoms with Gasteiger partial charge in [0.15, 0.2) is 0 Å². The van der Waals surface area contributed by atoms with E-state index < -0.39 is 0 Å². The number of nitrogens with one attached hydrogen (secondary N) is 1. The minimum Gasteiger partial charge on any atom is -0.399 e. The molecule has 1 saturated heterocycles. The van der Waals surface area contributed by atoms with Crippen LogP contribution in [0.3, 0.4) is 0 Å². The molecule has 4 heteroatoms. The second-order valence-electron chi connectivity index (χ2n) is 5.37. The second kappa shape index (κ2) is 4.61. The highest BCUT2D eigenvalue weighted by Crippen LogP contribution is 2.22. The van der Waals surface area contributed by atoms with E-state index in [9.17, 15) is 4.79 Å². The molecule has 0 spiro atoms. The Labute approximate surface area is 112 Å². The highest BCUT2D eigenvalue weighted by Gasteiger charge is 2.25. The molecule has 0 aliphatic carbocycles. The summed E-state index contributed by atoms with van der Waals surface area (Å²) >= 11 is 0. The quantitative estimate of drug-likeness (QED) is 0.772. The van der Waals surface area contributed by atoms with E-state index in [4.69, 9.17) is 5.73 Å². The van der Waals surface area contributed by atoms with Gasteiger partial charge in [-0.1, -0.05) is 0 Å². The molecule has 100 valence electrons. The Morgan fingerprint density at radius 3 is 3.00 bits per heavy atom. The molecule has 19 heavy (non-hydrogen) atoms. The van der Waals surface area contributed by atoms with Crippen LogP contribution in [0.4, 0.5) is 5.69 Å². The number of nitrogens with zero attached hydrogens (tertiary/aromatic N) is 1. The number of amides is 1. The number of carbonyl (C=O) groups is 1. The van der Waals surface area contributed by atoms with Crippen LogP contribution in [0.25, 0.3) is 10.9 Å². The van der Waals surface area contributed by atoms with Gasteiger partial charge in [0.25, 0.3) is 5.91 Å². The fraction of sp³-hybridized carbons (Fsp3) is 0.400. The fourth-order valence-corrected chi connectivity index (χ4v) is 2.82. The van der Waals surface area contributed by atoms with Gasteiger partial charge in [0.05, 0.1) is 0 Å². The minimum absolute atomic E-state index is 0.0990. The third kappa shape index (κ3) is 2.18. The molecule has 0 radical (unpaired) electrons. The number of rotatable bonds is 1. The number of fused-ring (bicyclic) bond motifs is 1. The Hall–Kier alpha value is -1.97. The van der Waals surface area contributed by atoms with E-state index in [0.717, 1.165) is 36.0 Å². The maximum absolute atomic E-state index is 12.5. The lowest BCUT2D eigenvalue weighted by atomic mass is 10.0. The van der Waals surface area contributed by atoms with E-state index in [1.54, 1.807) is 0 Å². The van der Waals surface area contributed by atoms with Crippen LogP contribution in [0, 0.1) is 0 Å².